The van der Waals surface area contributed by atoms with Crippen LogP contribution in [0.4, 0.5) is 0 Å². The van der Waals surface area contributed by atoms with Gasteiger partial charge in [0.15, 0.2) is 21.3 Å². The van der Waals surface area contributed by atoms with E-state index in [1.165, 1.54) is 37.9 Å². The maximum Gasteiger partial charge on any atom is 0.262 e. The van der Waals surface area contributed by atoms with Gasteiger partial charge < -0.3 is 9.47 Å². The molecule has 0 spiro atoms. The summed E-state index contributed by atoms with van der Waals surface area (Å²) in [6, 6.07) is 14.0. The van der Waals surface area contributed by atoms with Crippen LogP contribution in [0.5, 0.6) is 11.5 Å². The Hall–Kier alpha value is -2.58. The highest BCUT2D eigenvalue weighted by molar-refractivity contribution is 7.92. The number of unbranched alkanes of at least 4 members (excludes halogenated alkanes) is 1. The van der Waals surface area contributed by atoms with Gasteiger partial charge in [-0.25, -0.2) is 13.9 Å². The lowest BCUT2D eigenvalue weighted by molar-refractivity contribution is -0.128. The quantitative estimate of drug-likeness (QED) is 0.357. The number of ether oxygens (including phenoxy) is 2. The minimum absolute atomic E-state index is 0.0678. The average Bonchev–Trinajstić information content (AvgIpc) is 2.73. The smallest absolute Gasteiger partial charge is 0.262 e. The van der Waals surface area contributed by atoms with E-state index < -0.39 is 21.0 Å². The Balaban J connectivity index is 2.15. The van der Waals surface area contributed by atoms with Gasteiger partial charge in [-0.05, 0) is 37.0 Å². The van der Waals surface area contributed by atoms with Crippen molar-refractivity contribution in [2.24, 2.45) is 0 Å². The third-order valence-corrected chi connectivity index (χ3v) is 6.60. The fraction of sp³-hybridized carbons (Fsp3) is 0.350. The van der Waals surface area contributed by atoms with Gasteiger partial charge in [-0.2, -0.15) is 0 Å². The van der Waals surface area contributed by atoms with Crippen molar-refractivity contribution in [2.75, 3.05) is 14.2 Å². The molecule has 0 saturated carbocycles. The Morgan fingerprint density at radius 2 is 1.71 bits per heavy atom. The number of rotatable bonds is 10. The Bertz CT molecular complexity index is 883. The number of amides is 1. The molecule has 0 aromatic heterocycles. The zero-order valence-electron chi connectivity index (χ0n) is 15.9. The molecular weight excluding hydrogens is 382 g/mol. The van der Waals surface area contributed by atoms with Crippen LogP contribution in [0.3, 0.4) is 0 Å². The summed E-state index contributed by atoms with van der Waals surface area (Å²) in [6.07, 6.45) is 2.11. The third-order valence-electron chi connectivity index (χ3n) is 4.49. The van der Waals surface area contributed by atoms with E-state index in [1.807, 2.05) is 30.3 Å². The highest BCUT2D eigenvalue weighted by Gasteiger charge is 2.34. The van der Waals surface area contributed by atoms with E-state index >= 15 is 0 Å². The number of benzene rings is 2. The Morgan fingerprint density at radius 3 is 2.32 bits per heavy atom. The van der Waals surface area contributed by atoms with Crippen molar-refractivity contribution in [1.82, 2.24) is 5.48 Å². The number of hydrogen-bond donors (Lipinski definition) is 2. The van der Waals surface area contributed by atoms with Gasteiger partial charge >= 0.3 is 0 Å². The van der Waals surface area contributed by atoms with Crippen LogP contribution in [0.15, 0.2) is 53.4 Å². The van der Waals surface area contributed by atoms with Gasteiger partial charge in [0.05, 0.1) is 19.1 Å². The topological polar surface area (TPSA) is 102 Å². The summed E-state index contributed by atoms with van der Waals surface area (Å²) in [5, 5.41) is 7.63. The minimum Gasteiger partial charge on any atom is -0.493 e. The number of sulfone groups is 1. The zero-order chi connectivity index (χ0) is 20.6. The number of nitrogens with one attached hydrogen (secondary N) is 1. The summed E-state index contributed by atoms with van der Waals surface area (Å²) >= 11 is 0. The molecule has 0 bridgehead atoms. The van der Waals surface area contributed by atoms with Gasteiger partial charge in [0, 0.05) is 6.07 Å². The lowest BCUT2D eigenvalue weighted by Gasteiger charge is -2.17. The summed E-state index contributed by atoms with van der Waals surface area (Å²) in [4.78, 5) is 12.0. The number of carbonyl (C=O) groups excluding carboxylic acids is 1. The van der Waals surface area contributed by atoms with Crippen LogP contribution in [-0.4, -0.2) is 39.0 Å². The van der Waals surface area contributed by atoms with Crippen molar-refractivity contribution >= 4 is 15.7 Å². The predicted octanol–water partition coefficient (Wildman–Crippen LogP) is 2.76. The first-order chi connectivity index (χ1) is 13.4. The zero-order valence-corrected chi connectivity index (χ0v) is 16.7. The maximum absolute atomic E-state index is 13.0. The lowest BCUT2D eigenvalue weighted by atomic mass is 10.1. The summed E-state index contributed by atoms with van der Waals surface area (Å²) < 4.78 is 36.3. The van der Waals surface area contributed by atoms with Crippen molar-refractivity contribution in [1.29, 1.82) is 0 Å². The van der Waals surface area contributed by atoms with Crippen molar-refractivity contribution in [3.05, 3.63) is 54.1 Å². The van der Waals surface area contributed by atoms with Crippen LogP contribution >= 0.6 is 0 Å². The first-order valence-electron chi connectivity index (χ1n) is 8.87. The predicted molar refractivity (Wildman–Crippen MR) is 104 cm³/mol. The third kappa shape index (κ3) is 5.24. The van der Waals surface area contributed by atoms with Gasteiger partial charge in [0.2, 0.25) is 0 Å². The van der Waals surface area contributed by atoms with E-state index in [2.05, 4.69) is 0 Å². The van der Waals surface area contributed by atoms with E-state index in [0.29, 0.717) is 12.2 Å². The van der Waals surface area contributed by atoms with Gasteiger partial charge in [0.25, 0.3) is 5.91 Å². The van der Waals surface area contributed by atoms with E-state index in [0.717, 1.165) is 18.4 Å². The molecule has 1 atom stereocenters. The molecule has 0 aliphatic heterocycles. The first kappa shape index (κ1) is 21.7. The standard InChI is InChI=1S/C20H25NO6S/c1-26-17-13-12-16(14-18(17)27-2)28(24,25)19(20(22)21-23)11-7-6-10-15-8-4-3-5-9-15/h3-5,8-9,12-14,19,23H,6-7,10-11H2,1-2H3,(H,21,22). The molecule has 1 unspecified atom stereocenters. The van der Waals surface area contributed by atoms with E-state index in [4.69, 9.17) is 14.7 Å². The van der Waals surface area contributed by atoms with E-state index in [-0.39, 0.29) is 17.1 Å². The molecule has 0 aliphatic rings. The number of aryl methyl sites for hydroxylation is 1. The van der Waals surface area contributed by atoms with Gasteiger partial charge in [-0.3, -0.25) is 10.0 Å². The maximum atomic E-state index is 13.0. The van der Waals surface area contributed by atoms with Crippen molar-refractivity contribution in [2.45, 2.75) is 35.8 Å². The highest BCUT2D eigenvalue weighted by Crippen LogP contribution is 2.31. The minimum atomic E-state index is -4.02. The van der Waals surface area contributed by atoms with E-state index in [1.54, 1.807) is 0 Å². The van der Waals surface area contributed by atoms with Crippen molar-refractivity contribution < 1.29 is 27.9 Å². The Kier molecular flexibility index (Phi) is 7.83. The van der Waals surface area contributed by atoms with Crippen molar-refractivity contribution in [3.63, 3.8) is 0 Å². The van der Waals surface area contributed by atoms with Crippen LogP contribution in [0.1, 0.15) is 24.8 Å². The Morgan fingerprint density at radius 1 is 1.04 bits per heavy atom. The molecule has 0 fully saturated rings. The number of hydroxylamine groups is 1. The second-order valence-electron chi connectivity index (χ2n) is 6.26. The molecule has 28 heavy (non-hydrogen) atoms. The fourth-order valence-corrected chi connectivity index (χ4v) is 4.63. The largest absolute Gasteiger partial charge is 0.493 e. The number of hydrogen-bond acceptors (Lipinski definition) is 6. The number of methoxy groups -OCH3 is 2. The molecule has 0 saturated heterocycles. The summed E-state index contributed by atoms with van der Waals surface area (Å²) in [7, 11) is -1.18. The first-order valence-corrected chi connectivity index (χ1v) is 10.4. The monoisotopic (exact) mass is 407 g/mol. The molecule has 0 radical (unpaired) electrons. The summed E-state index contributed by atoms with van der Waals surface area (Å²) in [5.74, 6) is -0.322. The average molecular weight is 407 g/mol. The van der Waals surface area contributed by atoms with Gasteiger partial charge in [-0.15, -0.1) is 0 Å². The van der Waals surface area contributed by atoms with Crippen molar-refractivity contribution in [3.8, 4) is 11.5 Å². The van der Waals surface area contributed by atoms with Crippen LogP contribution in [0, 0.1) is 0 Å². The molecule has 2 N–H and O–H groups in total. The van der Waals surface area contributed by atoms with Gasteiger partial charge in [0.1, 0.15) is 5.25 Å². The molecule has 8 heteroatoms. The molecule has 1 amide bonds. The molecular formula is C20H25NO6S. The van der Waals surface area contributed by atoms with E-state index in [9.17, 15) is 13.2 Å². The summed E-state index contributed by atoms with van der Waals surface area (Å²) in [6.45, 7) is 0. The van der Waals surface area contributed by atoms with Crippen LogP contribution < -0.4 is 15.0 Å². The van der Waals surface area contributed by atoms with Crippen LogP contribution in [0.2, 0.25) is 0 Å². The molecule has 2 aromatic rings. The second-order valence-corrected chi connectivity index (χ2v) is 8.39. The molecule has 0 aliphatic carbocycles. The molecule has 2 rings (SSSR count). The highest BCUT2D eigenvalue weighted by atomic mass is 32.2. The molecule has 7 nitrogen and oxygen atoms in total. The SMILES string of the molecule is COc1ccc(S(=O)(=O)C(CCCCc2ccccc2)C(=O)NO)cc1OC. The van der Waals surface area contributed by atoms with Crippen LogP contribution in [0.25, 0.3) is 0 Å². The number of carbonyl (C=O) groups is 1. The second kappa shape index (κ2) is 10.1. The molecule has 0 heterocycles. The molecule has 2 aromatic carbocycles. The normalized spacial score (nSPS) is 12.2. The van der Waals surface area contributed by atoms with Crippen LogP contribution in [-0.2, 0) is 21.1 Å². The summed E-state index contributed by atoms with van der Waals surface area (Å²) in [5.41, 5.74) is 2.62. The fourth-order valence-electron chi connectivity index (χ4n) is 2.96. The lowest BCUT2D eigenvalue weighted by Crippen LogP contribution is -2.38. The Labute approximate surface area is 165 Å². The van der Waals surface area contributed by atoms with Gasteiger partial charge in [-0.1, -0.05) is 36.8 Å². The molecule has 152 valence electrons.